The molecule has 6 nitrogen and oxygen atoms in total. The van der Waals surface area contributed by atoms with Crippen molar-refractivity contribution in [2.24, 2.45) is 16.5 Å². The summed E-state index contributed by atoms with van der Waals surface area (Å²) in [6, 6.07) is 0.863. The molecule has 0 saturated carbocycles. The summed E-state index contributed by atoms with van der Waals surface area (Å²) >= 11 is 0. The lowest BCUT2D eigenvalue weighted by Gasteiger charge is -2.36. The highest BCUT2D eigenvalue weighted by molar-refractivity contribution is 5.83. The minimum Gasteiger partial charge on any atom is -0.329 e. The van der Waals surface area contributed by atoms with Crippen LogP contribution < -0.4 is 27.4 Å². The summed E-state index contributed by atoms with van der Waals surface area (Å²) < 4.78 is 0. The Morgan fingerprint density at radius 2 is 1.62 bits per heavy atom. The summed E-state index contributed by atoms with van der Waals surface area (Å²) in [5.41, 5.74) is 13.1. The van der Waals surface area contributed by atoms with E-state index in [-0.39, 0.29) is 23.2 Å². The molecule has 1 rings (SSSR count). The Bertz CT molecular complexity index is 404. The van der Waals surface area contributed by atoms with Crippen LogP contribution in [0.3, 0.4) is 0 Å². The second-order valence-corrected chi connectivity index (χ2v) is 8.69. The van der Waals surface area contributed by atoms with Gasteiger partial charge in [-0.15, -0.1) is 0 Å². The third-order valence-corrected chi connectivity index (χ3v) is 4.57. The molecule has 0 aromatic carbocycles. The van der Waals surface area contributed by atoms with Crippen molar-refractivity contribution in [2.75, 3.05) is 26.2 Å². The van der Waals surface area contributed by atoms with Crippen molar-refractivity contribution in [3.05, 3.63) is 0 Å². The first kappa shape index (κ1) is 21.5. The molecule has 0 bridgehead atoms. The van der Waals surface area contributed by atoms with Crippen molar-refractivity contribution < 1.29 is 0 Å². The van der Waals surface area contributed by atoms with E-state index in [4.69, 9.17) is 16.5 Å². The zero-order chi connectivity index (χ0) is 18.4. The molecule has 0 saturated heterocycles. The number of nitrogens with two attached hydrogens (primary N) is 2. The number of nitrogens with zero attached hydrogens (tertiary/aromatic N) is 1. The van der Waals surface area contributed by atoms with E-state index in [1.54, 1.807) is 0 Å². The standard InChI is InChI=1S/C18H40N6/c1-13-7-17(3,4)23-16(10-20)12-22-14(2)8-18(5,6)24-15(9-19)11-21-13/h13,15-16,21,23-24H,7-12,19-20H2,1-6H3/t13-,15-,16-/m0/s1. The maximum atomic E-state index is 5.97. The summed E-state index contributed by atoms with van der Waals surface area (Å²) in [6.07, 6.45) is 1.92. The SMILES string of the molecule is CC1=NC[C@H](CN)NC(C)(C)C[C@H](C)NC[C@H](CN)NC(C)(C)C1. The van der Waals surface area contributed by atoms with Crippen molar-refractivity contribution in [2.45, 2.75) is 83.6 Å². The van der Waals surface area contributed by atoms with E-state index in [2.05, 4.69) is 57.5 Å². The molecular formula is C18H40N6. The van der Waals surface area contributed by atoms with E-state index < -0.39 is 0 Å². The van der Waals surface area contributed by atoms with Crippen LogP contribution in [0.25, 0.3) is 0 Å². The van der Waals surface area contributed by atoms with Gasteiger partial charge in [0.25, 0.3) is 0 Å². The maximum Gasteiger partial charge on any atom is 0.0554 e. The van der Waals surface area contributed by atoms with Gasteiger partial charge in [-0.2, -0.15) is 0 Å². The lowest BCUT2D eigenvalue weighted by molar-refractivity contribution is 0.273. The average Bonchev–Trinajstić information content (AvgIpc) is 2.45. The lowest BCUT2D eigenvalue weighted by Crippen LogP contribution is -2.56. The van der Waals surface area contributed by atoms with Crippen molar-refractivity contribution >= 4 is 5.71 Å². The first-order chi connectivity index (χ1) is 11.1. The molecule has 0 aliphatic carbocycles. The number of hydrogen-bond acceptors (Lipinski definition) is 6. The maximum absolute atomic E-state index is 5.97. The zero-order valence-electron chi connectivity index (χ0n) is 16.6. The van der Waals surface area contributed by atoms with E-state index in [1.165, 1.54) is 0 Å². The average molecular weight is 341 g/mol. The Morgan fingerprint density at radius 3 is 2.21 bits per heavy atom. The van der Waals surface area contributed by atoms with Crippen LogP contribution >= 0.6 is 0 Å². The van der Waals surface area contributed by atoms with Crippen LogP contribution in [0.1, 0.15) is 54.4 Å². The quantitative estimate of drug-likeness (QED) is 0.507. The van der Waals surface area contributed by atoms with Crippen LogP contribution in [-0.4, -0.2) is 61.1 Å². The molecule has 24 heavy (non-hydrogen) atoms. The molecule has 1 aliphatic heterocycles. The Kier molecular flexibility index (Phi) is 8.29. The lowest BCUT2D eigenvalue weighted by atomic mass is 9.93. The molecule has 1 heterocycles. The Morgan fingerprint density at radius 1 is 1.04 bits per heavy atom. The topological polar surface area (TPSA) is 100 Å². The van der Waals surface area contributed by atoms with Crippen molar-refractivity contribution in [1.82, 2.24) is 16.0 Å². The summed E-state index contributed by atoms with van der Waals surface area (Å²) in [5.74, 6) is 0. The van der Waals surface area contributed by atoms with Gasteiger partial charge in [-0.25, -0.2) is 0 Å². The molecule has 6 heteroatoms. The minimum absolute atomic E-state index is 0.00883. The van der Waals surface area contributed by atoms with Gasteiger partial charge >= 0.3 is 0 Å². The Labute approximate surface area is 148 Å². The summed E-state index contributed by atoms with van der Waals surface area (Å²) in [5, 5.41) is 11.0. The third-order valence-electron chi connectivity index (χ3n) is 4.57. The van der Waals surface area contributed by atoms with Gasteiger partial charge in [0.05, 0.1) is 6.54 Å². The minimum atomic E-state index is -0.0302. The Balaban J connectivity index is 2.95. The fraction of sp³-hybridized carbons (Fsp3) is 0.944. The Hall–Kier alpha value is -0.530. The van der Waals surface area contributed by atoms with Crippen molar-refractivity contribution in [3.63, 3.8) is 0 Å². The normalized spacial score (nSPS) is 32.7. The number of aliphatic imine (C=N–C) groups is 1. The molecule has 0 fully saturated rings. The predicted molar refractivity (Wildman–Crippen MR) is 105 cm³/mol. The number of rotatable bonds is 2. The van der Waals surface area contributed by atoms with Crippen molar-refractivity contribution in [3.8, 4) is 0 Å². The molecule has 0 radical (unpaired) electrons. The van der Waals surface area contributed by atoms with Gasteiger partial charge < -0.3 is 27.4 Å². The molecule has 0 aromatic heterocycles. The molecule has 0 unspecified atom stereocenters. The summed E-state index contributed by atoms with van der Waals surface area (Å²) in [7, 11) is 0. The summed E-state index contributed by atoms with van der Waals surface area (Å²) in [6.45, 7) is 16.0. The summed E-state index contributed by atoms with van der Waals surface area (Å²) in [4.78, 5) is 4.78. The fourth-order valence-electron chi connectivity index (χ4n) is 3.73. The van der Waals surface area contributed by atoms with Crippen molar-refractivity contribution in [1.29, 1.82) is 0 Å². The van der Waals surface area contributed by atoms with Gasteiger partial charge in [0.2, 0.25) is 0 Å². The van der Waals surface area contributed by atoms with E-state index in [0.717, 1.165) is 31.6 Å². The largest absolute Gasteiger partial charge is 0.329 e. The predicted octanol–water partition coefficient (Wildman–Crippen LogP) is 0.610. The fourth-order valence-corrected chi connectivity index (χ4v) is 3.73. The molecule has 1 aliphatic rings. The molecule has 3 atom stereocenters. The second-order valence-electron chi connectivity index (χ2n) is 8.69. The van der Waals surface area contributed by atoms with E-state index >= 15 is 0 Å². The second kappa shape index (κ2) is 9.25. The van der Waals surface area contributed by atoms with Gasteiger partial charge in [0.1, 0.15) is 0 Å². The van der Waals surface area contributed by atoms with Crippen LogP contribution in [0, 0.1) is 0 Å². The van der Waals surface area contributed by atoms with E-state index in [9.17, 15) is 0 Å². The number of nitrogens with one attached hydrogen (secondary N) is 3. The van der Waals surface area contributed by atoms with Crippen LogP contribution in [-0.2, 0) is 0 Å². The van der Waals surface area contributed by atoms with Gasteiger partial charge in [-0.05, 0) is 48.0 Å². The first-order valence-electron chi connectivity index (χ1n) is 9.26. The van der Waals surface area contributed by atoms with Gasteiger partial charge in [-0.1, -0.05) is 0 Å². The van der Waals surface area contributed by atoms with Gasteiger partial charge in [-0.3, -0.25) is 4.99 Å². The van der Waals surface area contributed by atoms with E-state index in [1.807, 2.05) is 0 Å². The van der Waals surface area contributed by atoms with Crippen LogP contribution in [0.2, 0.25) is 0 Å². The van der Waals surface area contributed by atoms with Gasteiger partial charge in [0, 0.05) is 61.0 Å². The smallest absolute Gasteiger partial charge is 0.0554 e. The molecule has 0 spiro atoms. The van der Waals surface area contributed by atoms with E-state index in [0.29, 0.717) is 19.1 Å². The molecule has 0 amide bonds. The van der Waals surface area contributed by atoms with Gasteiger partial charge in [0.15, 0.2) is 0 Å². The molecule has 7 N–H and O–H groups in total. The first-order valence-corrected chi connectivity index (χ1v) is 9.26. The highest BCUT2D eigenvalue weighted by Gasteiger charge is 2.26. The van der Waals surface area contributed by atoms with Crippen LogP contribution in [0.15, 0.2) is 4.99 Å². The number of hydrogen-bond donors (Lipinski definition) is 5. The monoisotopic (exact) mass is 340 g/mol. The molecule has 142 valence electrons. The zero-order valence-corrected chi connectivity index (χ0v) is 16.6. The third kappa shape index (κ3) is 8.03. The molecular weight excluding hydrogens is 300 g/mol. The van der Waals surface area contributed by atoms with Crippen LogP contribution in [0.5, 0.6) is 0 Å². The highest BCUT2D eigenvalue weighted by Crippen LogP contribution is 2.15. The van der Waals surface area contributed by atoms with Crippen LogP contribution in [0.4, 0.5) is 0 Å². The highest BCUT2D eigenvalue weighted by atomic mass is 15.1. The molecule has 0 aromatic rings.